The molecular weight excluding hydrogens is 390 g/mol. The highest BCUT2D eigenvalue weighted by molar-refractivity contribution is 5.84. The molecule has 4 aromatic rings. The van der Waals surface area contributed by atoms with Crippen LogP contribution in [0, 0.1) is 0 Å². The molecule has 0 spiro atoms. The van der Waals surface area contributed by atoms with Gasteiger partial charge in [-0.15, -0.1) is 0 Å². The molecule has 0 amide bonds. The lowest BCUT2D eigenvalue weighted by atomic mass is 9.80. The van der Waals surface area contributed by atoms with Gasteiger partial charge in [-0.05, 0) is 37.5 Å². The molecule has 2 aromatic heterocycles. The highest BCUT2D eigenvalue weighted by atomic mass is 16.5. The van der Waals surface area contributed by atoms with Crippen molar-refractivity contribution in [2.24, 2.45) is 0 Å². The smallest absolute Gasteiger partial charge is 0.318 e. The van der Waals surface area contributed by atoms with Gasteiger partial charge in [0, 0.05) is 17.3 Å². The first-order valence-corrected chi connectivity index (χ1v) is 10.2. The maximum Gasteiger partial charge on any atom is 0.318 e. The van der Waals surface area contributed by atoms with E-state index in [1.54, 1.807) is 36.0 Å². The van der Waals surface area contributed by atoms with Crippen molar-refractivity contribution in [3.05, 3.63) is 89.9 Å². The van der Waals surface area contributed by atoms with Crippen molar-refractivity contribution < 1.29 is 14.3 Å². The summed E-state index contributed by atoms with van der Waals surface area (Å²) in [5.74, 6) is -0.307. The zero-order chi connectivity index (χ0) is 21.8. The standard InChI is InChI=1S/C25H23N3O3/c1-3-31-24(30)25(2,15-18-7-5-4-6-8-18)22-13-14-26-23-21(16-27-28(22)23)20-11-9-19(17-29)10-12-20/h4-14,16-17H,3,15H2,1-2H3. The number of ether oxygens (including phenoxy) is 1. The van der Waals surface area contributed by atoms with Crippen LogP contribution in [0.2, 0.25) is 0 Å². The first-order chi connectivity index (χ1) is 15.1. The number of nitrogens with zero attached hydrogens (tertiary/aromatic N) is 3. The quantitative estimate of drug-likeness (QED) is 0.334. The topological polar surface area (TPSA) is 73.6 Å². The van der Waals surface area contributed by atoms with Crippen LogP contribution in [0.1, 0.15) is 35.5 Å². The summed E-state index contributed by atoms with van der Waals surface area (Å²) >= 11 is 0. The van der Waals surface area contributed by atoms with E-state index in [1.807, 2.05) is 55.5 Å². The molecule has 0 N–H and O–H groups in total. The Kier molecular flexibility index (Phi) is 5.62. The largest absolute Gasteiger partial charge is 0.465 e. The van der Waals surface area contributed by atoms with E-state index in [4.69, 9.17) is 4.74 Å². The van der Waals surface area contributed by atoms with Crippen LogP contribution in [-0.2, 0) is 21.4 Å². The number of aldehydes is 1. The molecule has 1 atom stereocenters. The minimum Gasteiger partial charge on any atom is -0.465 e. The first-order valence-electron chi connectivity index (χ1n) is 10.2. The first kappa shape index (κ1) is 20.5. The molecule has 6 heteroatoms. The van der Waals surface area contributed by atoms with Gasteiger partial charge in [0.05, 0.1) is 18.5 Å². The van der Waals surface area contributed by atoms with E-state index in [0.717, 1.165) is 23.0 Å². The molecule has 0 fully saturated rings. The van der Waals surface area contributed by atoms with Gasteiger partial charge in [-0.25, -0.2) is 9.50 Å². The van der Waals surface area contributed by atoms with Crippen LogP contribution in [0.25, 0.3) is 16.8 Å². The Labute approximate surface area is 180 Å². The van der Waals surface area contributed by atoms with E-state index in [-0.39, 0.29) is 5.97 Å². The van der Waals surface area contributed by atoms with E-state index in [2.05, 4.69) is 10.1 Å². The van der Waals surface area contributed by atoms with Crippen LogP contribution < -0.4 is 0 Å². The lowest BCUT2D eigenvalue weighted by molar-refractivity contribution is -0.149. The van der Waals surface area contributed by atoms with Crippen LogP contribution in [0.15, 0.2) is 73.1 Å². The molecule has 0 saturated carbocycles. The Bertz CT molecular complexity index is 1220. The summed E-state index contributed by atoms with van der Waals surface area (Å²) in [4.78, 5) is 28.6. The fourth-order valence-electron chi connectivity index (χ4n) is 3.82. The molecule has 2 aromatic carbocycles. The third-order valence-corrected chi connectivity index (χ3v) is 5.45. The van der Waals surface area contributed by atoms with Gasteiger partial charge < -0.3 is 4.74 Å². The molecule has 0 aliphatic carbocycles. The van der Waals surface area contributed by atoms with Gasteiger partial charge >= 0.3 is 5.97 Å². The number of carbonyl (C=O) groups is 2. The Morgan fingerprint density at radius 3 is 2.52 bits per heavy atom. The molecule has 0 aliphatic rings. The lowest BCUT2D eigenvalue weighted by Gasteiger charge is -2.28. The Hall–Kier alpha value is -3.80. The third-order valence-electron chi connectivity index (χ3n) is 5.45. The Morgan fingerprint density at radius 1 is 1.10 bits per heavy atom. The number of hydrogen-bond donors (Lipinski definition) is 0. The molecule has 156 valence electrons. The van der Waals surface area contributed by atoms with Gasteiger partial charge in [0.1, 0.15) is 11.7 Å². The number of carbonyl (C=O) groups excluding carboxylic acids is 2. The summed E-state index contributed by atoms with van der Waals surface area (Å²) in [6.07, 6.45) is 4.70. The van der Waals surface area contributed by atoms with E-state index < -0.39 is 5.41 Å². The summed E-state index contributed by atoms with van der Waals surface area (Å²) in [5.41, 5.74) is 3.74. The molecule has 4 rings (SSSR count). The van der Waals surface area contributed by atoms with E-state index >= 15 is 0 Å². The minimum atomic E-state index is -0.955. The number of fused-ring (bicyclic) bond motifs is 1. The fraction of sp³-hybridized carbons (Fsp3) is 0.200. The van der Waals surface area contributed by atoms with Crippen LogP contribution in [0.3, 0.4) is 0 Å². The summed E-state index contributed by atoms with van der Waals surface area (Å²) in [7, 11) is 0. The molecular formula is C25H23N3O3. The summed E-state index contributed by atoms with van der Waals surface area (Å²) in [5, 5.41) is 4.56. The second kappa shape index (κ2) is 8.52. The second-order valence-corrected chi connectivity index (χ2v) is 7.58. The Balaban J connectivity index is 1.84. The van der Waals surface area contributed by atoms with Gasteiger partial charge in [-0.1, -0.05) is 54.6 Å². The van der Waals surface area contributed by atoms with E-state index in [1.165, 1.54) is 0 Å². The van der Waals surface area contributed by atoms with Crippen LogP contribution in [-0.4, -0.2) is 33.5 Å². The van der Waals surface area contributed by atoms with Crippen molar-refractivity contribution in [1.82, 2.24) is 14.6 Å². The summed E-state index contributed by atoms with van der Waals surface area (Å²) in [6, 6.07) is 18.9. The van der Waals surface area contributed by atoms with Gasteiger partial charge in [-0.3, -0.25) is 9.59 Å². The number of aromatic nitrogens is 3. The molecule has 0 radical (unpaired) electrons. The molecule has 6 nitrogen and oxygen atoms in total. The molecule has 0 aliphatic heterocycles. The van der Waals surface area contributed by atoms with Crippen molar-refractivity contribution in [2.75, 3.05) is 6.61 Å². The van der Waals surface area contributed by atoms with Gasteiger partial charge in [0.15, 0.2) is 5.65 Å². The van der Waals surface area contributed by atoms with Crippen LogP contribution in [0.5, 0.6) is 0 Å². The van der Waals surface area contributed by atoms with Crippen molar-refractivity contribution in [3.8, 4) is 11.1 Å². The average molecular weight is 413 g/mol. The molecule has 0 saturated heterocycles. The zero-order valence-electron chi connectivity index (χ0n) is 17.5. The highest BCUT2D eigenvalue weighted by Gasteiger charge is 2.39. The van der Waals surface area contributed by atoms with Gasteiger partial charge in [0.2, 0.25) is 0 Å². The third kappa shape index (κ3) is 3.84. The predicted octanol–water partition coefficient (Wildman–Crippen LogP) is 4.27. The summed E-state index contributed by atoms with van der Waals surface area (Å²) < 4.78 is 7.18. The SMILES string of the molecule is CCOC(=O)C(C)(Cc1ccccc1)c1ccnc2c(-c3ccc(C=O)cc3)cnn12. The molecule has 2 heterocycles. The van der Waals surface area contributed by atoms with E-state index in [9.17, 15) is 9.59 Å². The predicted molar refractivity (Wildman–Crippen MR) is 118 cm³/mol. The van der Waals surface area contributed by atoms with Gasteiger partial charge in [-0.2, -0.15) is 5.10 Å². The monoisotopic (exact) mass is 413 g/mol. The molecule has 1 unspecified atom stereocenters. The van der Waals surface area contributed by atoms with Crippen LogP contribution in [0.4, 0.5) is 0 Å². The number of hydrogen-bond acceptors (Lipinski definition) is 5. The van der Waals surface area contributed by atoms with E-state index in [0.29, 0.717) is 29.9 Å². The minimum absolute atomic E-state index is 0.297. The average Bonchev–Trinajstić information content (AvgIpc) is 3.24. The lowest BCUT2D eigenvalue weighted by Crippen LogP contribution is -2.38. The Morgan fingerprint density at radius 2 is 1.84 bits per heavy atom. The molecule has 0 bridgehead atoms. The maximum absolute atomic E-state index is 13.1. The van der Waals surface area contributed by atoms with Crippen LogP contribution >= 0.6 is 0 Å². The second-order valence-electron chi connectivity index (χ2n) is 7.58. The van der Waals surface area contributed by atoms with Crippen molar-refractivity contribution in [1.29, 1.82) is 0 Å². The number of esters is 1. The van der Waals surface area contributed by atoms with Crippen molar-refractivity contribution >= 4 is 17.9 Å². The number of rotatable bonds is 7. The zero-order valence-corrected chi connectivity index (χ0v) is 17.5. The summed E-state index contributed by atoms with van der Waals surface area (Å²) in [6.45, 7) is 3.98. The highest BCUT2D eigenvalue weighted by Crippen LogP contribution is 2.32. The van der Waals surface area contributed by atoms with Crippen molar-refractivity contribution in [3.63, 3.8) is 0 Å². The normalized spacial score (nSPS) is 13.0. The van der Waals surface area contributed by atoms with Crippen molar-refractivity contribution in [2.45, 2.75) is 25.7 Å². The number of benzene rings is 2. The maximum atomic E-state index is 13.1. The molecule has 31 heavy (non-hydrogen) atoms. The van der Waals surface area contributed by atoms with Gasteiger partial charge in [0.25, 0.3) is 0 Å². The fourth-order valence-corrected chi connectivity index (χ4v) is 3.82.